The summed E-state index contributed by atoms with van der Waals surface area (Å²) >= 11 is 2.34. The van der Waals surface area contributed by atoms with E-state index >= 15 is 0 Å². The maximum Gasteiger partial charge on any atom is 0.0297 e. The molecular formula is C12H16IN. The van der Waals surface area contributed by atoms with Crippen molar-refractivity contribution in [3.8, 4) is 0 Å². The summed E-state index contributed by atoms with van der Waals surface area (Å²) in [5.74, 6) is 0.892. The molecule has 1 nitrogen and oxygen atoms in total. The molecule has 1 aromatic carbocycles. The summed E-state index contributed by atoms with van der Waals surface area (Å²) in [6.45, 7) is 0. The van der Waals surface area contributed by atoms with Crippen LogP contribution in [0, 0.1) is 9.49 Å². The van der Waals surface area contributed by atoms with Crippen LogP contribution < -0.4 is 5.73 Å². The van der Waals surface area contributed by atoms with Crippen LogP contribution in [0.25, 0.3) is 0 Å². The van der Waals surface area contributed by atoms with E-state index in [4.69, 9.17) is 5.73 Å². The molecule has 0 amide bonds. The van der Waals surface area contributed by atoms with E-state index in [-0.39, 0.29) is 6.04 Å². The van der Waals surface area contributed by atoms with E-state index in [0.717, 1.165) is 5.92 Å². The molecule has 1 aliphatic rings. The number of hydrogen-bond acceptors (Lipinski definition) is 1. The zero-order valence-corrected chi connectivity index (χ0v) is 10.4. The first-order valence-corrected chi connectivity index (χ1v) is 6.34. The standard InChI is InChI=1S/C12H16IN/c13-11-6-2-5-10(8-11)12(14)7-9-3-1-4-9/h2,5-6,8-9,12H,1,3-4,7,14H2. The third-order valence-corrected chi connectivity index (χ3v) is 3.76. The van der Waals surface area contributed by atoms with Gasteiger partial charge in [0.05, 0.1) is 0 Å². The highest BCUT2D eigenvalue weighted by Gasteiger charge is 2.20. The zero-order chi connectivity index (χ0) is 9.97. The lowest BCUT2D eigenvalue weighted by atomic mass is 9.80. The van der Waals surface area contributed by atoms with E-state index in [0.29, 0.717) is 0 Å². The van der Waals surface area contributed by atoms with Gasteiger partial charge in [0.2, 0.25) is 0 Å². The average molecular weight is 301 g/mol. The van der Waals surface area contributed by atoms with Crippen LogP contribution in [0.2, 0.25) is 0 Å². The average Bonchev–Trinajstić information content (AvgIpc) is 2.11. The Morgan fingerprint density at radius 2 is 2.21 bits per heavy atom. The van der Waals surface area contributed by atoms with Gasteiger partial charge in [-0.2, -0.15) is 0 Å². The van der Waals surface area contributed by atoms with Crippen molar-refractivity contribution in [2.24, 2.45) is 11.7 Å². The Morgan fingerprint density at radius 3 is 2.79 bits per heavy atom. The van der Waals surface area contributed by atoms with Gasteiger partial charge in [-0.25, -0.2) is 0 Å². The lowest BCUT2D eigenvalue weighted by Gasteiger charge is -2.28. The third kappa shape index (κ3) is 2.48. The van der Waals surface area contributed by atoms with Crippen molar-refractivity contribution < 1.29 is 0 Å². The second kappa shape index (κ2) is 4.62. The minimum atomic E-state index is 0.245. The Hall–Kier alpha value is -0.0900. The number of hydrogen-bond donors (Lipinski definition) is 1. The van der Waals surface area contributed by atoms with Gasteiger partial charge >= 0.3 is 0 Å². The van der Waals surface area contributed by atoms with Gasteiger partial charge in [-0.15, -0.1) is 0 Å². The van der Waals surface area contributed by atoms with Crippen LogP contribution >= 0.6 is 22.6 Å². The summed E-state index contributed by atoms with van der Waals surface area (Å²) in [6, 6.07) is 8.79. The van der Waals surface area contributed by atoms with Crippen molar-refractivity contribution in [2.45, 2.75) is 31.7 Å². The van der Waals surface area contributed by atoms with Crippen LogP contribution in [0.1, 0.15) is 37.3 Å². The van der Waals surface area contributed by atoms with E-state index in [9.17, 15) is 0 Å². The molecule has 0 radical (unpaired) electrons. The molecule has 2 heteroatoms. The first-order valence-electron chi connectivity index (χ1n) is 5.27. The molecule has 1 aromatic rings. The molecule has 1 fully saturated rings. The highest BCUT2D eigenvalue weighted by atomic mass is 127. The molecule has 0 spiro atoms. The van der Waals surface area contributed by atoms with Crippen molar-refractivity contribution in [1.82, 2.24) is 0 Å². The fourth-order valence-electron chi connectivity index (χ4n) is 1.96. The number of halogens is 1. The third-order valence-electron chi connectivity index (χ3n) is 3.09. The SMILES string of the molecule is NC(CC1CCC1)c1cccc(I)c1. The Bertz CT molecular complexity index is 307. The van der Waals surface area contributed by atoms with E-state index in [2.05, 4.69) is 46.9 Å². The van der Waals surface area contributed by atoms with Crippen LogP contribution in [-0.4, -0.2) is 0 Å². The van der Waals surface area contributed by atoms with E-state index in [1.54, 1.807) is 0 Å². The van der Waals surface area contributed by atoms with Crippen LogP contribution in [0.4, 0.5) is 0 Å². The van der Waals surface area contributed by atoms with Crippen molar-refractivity contribution in [3.63, 3.8) is 0 Å². The van der Waals surface area contributed by atoms with Crippen molar-refractivity contribution in [2.75, 3.05) is 0 Å². The van der Waals surface area contributed by atoms with Crippen LogP contribution in [0.5, 0.6) is 0 Å². The van der Waals surface area contributed by atoms with Crippen molar-refractivity contribution >= 4 is 22.6 Å². The largest absolute Gasteiger partial charge is 0.324 e. The molecule has 2 N–H and O–H groups in total. The van der Waals surface area contributed by atoms with Crippen LogP contribution in [0.3, 0.4) is 0 Å². The molecule has 1 atom stereocenters. The topological polar surface area (TPSA) is 26.0 Å². The Kier molecular flexibility index (Phi) is 3.44. The Labute approximate surface area is 99.2 Å². The van der Waals surface area contributed by atoms with Gasteiger partial charge in [-0.3, -0.25) is 0 Å². The molecule has 1 aliphatic carbocycles. The minimum Gasteiger partial charge on any atom is -0.324 e. The number of benzene rings is 1. The van der Waals surface area contributed by atoms with Gasteiger partial charge in [0, 0.05) is 9.61 Å². The monoisotopic (exact) mass is 301 g/mol. The van der Waals surface area contributed by atoms with Gasteiger partial charge in [-0.1, -0.05) is 31.4 Å². The first-order chi connectivity index (χ1) is 6.75. The molecule has 0 saturated heterocycles. The van der Waals surface area contributed by atoms with E-state index < -0.39 is 0 Å². The maximum absolute atomic E-state index is 6.17. The minimum absolute atomic E-state index is 0.245. The fourth-order valence-corrected chi connectivity index (χ4v) is 2.53. The van der Waals surface area contributed by atoms with Gasteiger partial charge < -0.3 is 5.73 Å². The molecule has 0 aliphatic heterocycles. The molecule has 1 saturated carbocycles. The van der Waals surface area contributed by atoms with Crippen LogP contribution in [0.15, 0.2) is 24.3 Å². The Balaban J connectivity index is 1.98. The molecular weight excluding hydrogens is 285 g/mol. The highest BCUT2D eigenvalue weighted by molar-refractivity contribution is 14.1. The molecule has 76 valence electrons. The number of rotatable bonds is 3. The maximum atomic E-state index is 6.17. The zero-order valence-electron chi connectivity index (χ0n) is 8.25. The molecule has 1 unspecified atom stereocenters. The molecule has 0 bridgehead atoms. The predicted octanol–water partition coefficient (Wildman–Crippen LogP) is 3.48. The summed E-state index contributed by atoms with van der Waals surface area (Å²) in [5.41, 5.74) is 7.47. The summed E-state index contributed by atoms with van der Waals surface area (Å²) in [4.78, 5) is 0. The van der Waals surface area contributed by atoms with Crippen LogP contribution in [-0.2, 0) is 0 Å². The summed E-state index contributed by atoms with van der Waals surface area (Å²) in [5, 5.41) is 0. The first kappa shape index (κ1) is 10.4. The number of nitrogens with two attached hydrogens (primary N) is 1. The normalized spacial score (nSPS) is 19.0. The summed E-state index contributed by atoms with van der Waals surface area (Å²) < 4.78 is 1.28. The second-order valence-electron chi connectivity index (χ2n) is 4.19. The molecule has 14 heavy (non-hydrogen) atoms. The van der Waals surface area contributed by atoms with Gasteiger partial charge in [-0.05, 0) is 52.6 Å². The highest BCUT2D eigenvalue weighted by Crippen LogP contribution is 2.33. The quantitative estimate of drug-likeness (QED) is 0.850. The summed E-state index contributed by atoms with van der Waals surface area (Å²) in [7, 11) is 0. The predicted molar refractivity (Wildman–Crippen MR) is 68.0 cm³/mol. The van der Waals surface area contributed by atoms with Crippen molar-refractivity contribution in [3.05, 3.63) is 33.4 Å². The second-order valence-corrected chi connectivity index (χ2v) is 5.44. The summed E-state index contributed by atoms with van der Waals surface area (Å²) in [6.07, 6.45) is 5.35. The van der Waals surface area contributed by atoms with E-state index in [1.165, 1.54) is 34.8 Å². The van der Waals surface area contributed by atoms with Gasteiger partial charge in [0.25, 0.3) is 0 Å². The van der Waals surface area contributed by atoms with Gasteiger partial charge in [0.1, 0.15) is 0 Å². The van der Waals surface area contributed by atoms with Crippen molar-refractivity contribution in [1.29, 1.82) is 0 Å². The lowest BCUT2D eigenvalue weighted by molar-refractivity contribution is 0.277. The molecule has 0 aromatic heterocycles. The Morgan fingerprint density at radius 1 is 1.43 bits per heavy atom. The molecule has 0 heterocycles. The molecule has 2 rings (SSSR count). The van der Waals surface area contributed by atoms with E-state index in [1.807, 2.05) is 0 Å². The fraction of sp³-hybridized carbons (Fsp3) is 0.500. The smallest absolute Gasteiger partial charge is 0.0297 e. The van der Waals surface area contributed by atoms with Gasteiger partial charge in [0.15, 0.2) is 0 Å². The lowest BCUT2D eigenvalue weighted by Crippen LogP contribution is -2.20.